The minimum absolute atomic E-state index is 0.0929. The molecular formula is C26H37N5O5. The van der Waals surface area contributed by atoms with Crippen LogP contribution in [0.3, 0.4) is 0 Å². The number of ketones is 1. The van der Waals surface area contributed by atoms with Crippen LogP contribution in [0.25, 0.3) is 0 Å². The molecule has 1 aromatic rings. The van der Waals surface area contributed by atoms with E-state index in [4.69, 9.17) is 5.73 Å². The van der Waals surface area contributed by atoms with Crippen LogP contribution in [0, 0.1) is 5.92 Å². The Balaban J connectivity index is 1.77. The molecule has 10 nitrogen and oxygen atoms in total. The third kappa shape index (κ3) is 6.03. The molecule has 36 heavy (non-hydrogen) atoms. The number of hydrogen-bond acceptors (Lipinski definition) is 6. The van der Waals surface area contributed by atoms with Gasteiger partial charge in [-0.25, -0.2) is 0 Å². The number of fused-ring (bicyclic) bond motifs is 1. The van der Waals surface area contributed by atoms with E-state index in [1.165, 1.54) is 16.7 Å². The third-order valence-corrected chi connectivity index (χ3v) is 6.72. The largest absolute Gasteiger partial charge is 0.399 e. The molecule has 196 valence electrons. The average molecular weight is 500 g/mol. The smallest absolute Gasteiger partial charge is 0.251 e. The van der Waals surface area contributed by atoms with Gasteiger partial charge in [-0.05, 0) is 49.4 Å². The maximum absolute atomic E-state index is 13.6. The van der Waals surface area contributed by atoms with Gasteiger partial charge < -0.3 is 26.2 Å². The van der Waals surface area contributed by atoms with Crippen molar-refractivity contribution < 1.29 is 24.0 Å². The summed E-state index contributed by atoms with van der Waals surface area (Å²) in [7, 11) is 0. The van der Waals surface area contributed by atoms with Crippen molar-refractivity contribution in [1.29, 1.82) is 0 Å². The van der Waals surface area contributed by atoms with E-state index >= 15 is 0 Å². The van der Waals surface area contributed by atoms with Gasteiger partial charge in [-0.3, -0.25) is 24.0 Å². The van der Waals surface area contributed by atoms with Gasteiger partial charge in [0.1, 0.15) is 18.1 Å². The maximum atomic E-state index is 13.6. The number of Topliss-reactive ketones (excluding diaryl/α,β-unsaturated/α-hetero) is 1. The number of nitrogens with zero attached hydrogens (tertiary/aromatic N) is 2. The first-order valence-electron chi connectivity index (χ1n) is 12.6. The molecule has 3 rings (SSSR count). The van der Waals surface area contributed by atoms with Crippen molar-refractivity contribution in [2.45, 2.75) is 77.5 Å². The standard InChI is InChI=1S/C26H37N5O5/c1-5-6-19(28-16(4)32)25(35)31-14-22(33)23-21(31)11-12-30(23)26(36)20(13-15(2)3)29-24(34)17-7-9-18(27)10-8-17/h7-10,15,19-21,23H,5-6,11-14,27H2,1-4H3,(H,28,32)(H,29,34). The van der Waals surface area contributed by atoms with Crippen LogP contribution in [0.15, 0.2) is 24.3 Å². The van der Waals surface area contributed by atoms with Crippen molar-refractivity contribution in [3.8, 4) is 0 Å². The summed E-state index contributed by atoms with van der Waals surface area (Å²) in [6.45, 7) is 7.42. The van der Waals surface area contributed by atoms with E-state index in [1.807, 2.05) is 20.8 Å². The van der Waals surface area contributed by atoms with E-state index in [1.54, 1.807) is 24.3 Å². The van der Waals surface area contributed by atoms with Gasteiger partial charge in [0, 0.05) is 24.7 Å². The highest BCUT2D eigenvalue weighted by atomic mass is 16.2. The fraction of sp³-hybridized carbons (Fsp3) is 0.577. The summed E-state index contributed by atoms with van der Waals surface area (Å²) in [6, 6.07) is 3.75. The van der Waals surface area contributed by atoms with Crippen molar-refractivity contribution in [2.75, 3.05) is 18.8 Å². The van der Waals surface area contributed by atoms with Crippen molar-refractivity contribution >= 4 is 35.1 Å². The lowest BCUT2D eigenvalue weighted by atomic mass is 10.0. The first kappa shape index (κ1) is 27.2. The molecule has 0 aromatic heterocycles. The summed E-state index contributed by atoms with van der Waals surface area (Å²) >= 11 is 0. The second kappa shape index (κ2) is 11.5. The molecule has 2 fully saturated rings. The average Bonchev–Trinajstić information content (AvgIpc) is 3.38. The summed E-state index contributed by atoms with van der Waals surface area (Å²) in [6.07, 6.45) is 2.04. The Labute approximate surface area is 211 Å². The minimum atomic E-state index is -0.807. The highest BCUT2D eigenvalue weighted by Gasteiger charge is 2.52. The lowest BCUT2D eigenvalue weighted by Crippen LogP contribution is -2.53. The van der Waals surface area contributed by atoms with Gasteiger partial charge in [-0.2, -0.15) is 0 Å². The summed E-state index contributed by atoms with van der Waals surface area (Å²) in [4.78, 5) is 67.4. The molecule has 0 aliphatic carbocycles. The normalized spacial score (nSPS) is 20.8. The quantitative estimate of drug-likeness (QED) is 0.435. The van der Waals surface area contributed by atoms with Gasteiger partial charge in [0.2, 0.25) is 17.7 Å². The summed E-state index contributed by atoms with van der Waals surface area (Å²) in [5.74, 6) is -1.40. The third-order valence-electron chi connectivity index (χ3n) is 6.72. The van der Waals surface area contributed by atoms with Gasteiger partial charge in [0.15, 0.2) is 5.78 Å². The predicted molar refractivity (Wildman–Crippen MR) is 135 cm³/mol. The van der Waals surface area contributed by atoms with E-state index in [2.05, 4.69) is 10.6 Å². The number of carbonyl (C=O) groups is 5. The predicted octanol–water partition coefficient (Wildman–Crippen LogP) is 1.10. The molecule has 2 heterocycles. The zero-order valence-electron chi connectivity index (χ0n) is 21.5. The number of anilines is 1. The van der Waals surface area contributed by atoms with E-state index in [0.29, 0.717) is 43.5 Å². The Kier molecular flexibility index (Phi) is 8.70. The second-order valence-electron chi connectivity index (χ2n) is 10.1. The van der Waals surface area contributed by atoms with Crippen molar-refractivity contribution in [3.05, 3.63) is 29.8 Å². The Hall–Kier alpha value is -3.43. The van der Waals surface area contributed by atoms with E-state index in [0.717, 1.165) is 0 Å². The number of carbonyl (C=O) groups excluding carboxylic acids is 5. The lowest BCUT2D eigenvalue weighted by Gasteiger charge is -2.30. The maximum Gasteiger partial charge on any atom is 0.251 e. The van der Waals surface area contributed by atoms with Crippen LogP contribution < -0.4 is 16.4 Å². The van der Waals surface area contributed by atoms with Crippen LogP contribution in [0.5, 0.6) is 0 Å². The number of nitrogens with two attached hydrogens (primary N) is 1. The summed E-state index contributed by atoms with van der Waals surface area (Å²) in [5, 5.41) is 5.53. The van der Waals surface area contributed by atoms with Gasteiger partial charge in [0.05, 0.1) is 12.6 Å². The molecule has 0 spiro atoms. The van der Waals surface area contributed by atoms with Crippen LogP contribution in [-0.4, -0.2) is 76.5 Å². The van der Waals surface area contributed by atoms with Crippen molar-refractivity contribution in [3.63, 3.8) is 0 Å². The summed E-state index contributed by atoms with van der Waals surface area (Å²) < 4.78 is 0. The van der Waals surface area contributed by atoms with E-state index in [9.17, 15) is 24.0 Å². The zero-order valence-corrected chi connectivity index (χ0v) is 21.5. The highest BCUT2D eigenvalue weighted by Crippen LogP contribution is 2.31. The molecule has 4 amide bonds. The number of nitrogens with one attached hydrogen (secondary N) is 2. The van der Waals surface area contributed by atoms with Gasteiger partial charge in [-0.1, -0.05) is 27.2 Å². The van der Waals surface area contributed by atoms with Crippen LogP contribution in [0.1, 0.15) is 63.7 Å². The van der Waals surface area contributed by atoms with Crippen LogP contribution in [0.2, 0.25) is 0 Å². The van der Waals surface area contributed by atoms with Gasteiger partial charge in [-0.15, -0.1) is 0 Å². The second-order valence-corrected chi connectivity index (χ2v) is 10.1. The summed E-state index contributed by atoms with van der Waals surface area (Å²) in [5.41, 5.74) is 6.62. The molecule has 2 saturated heterocycles. The molecule has 4 N–H and O–H groups in total. The SMILES string of the molecule is CCCC(NC(C)=O)C(=O)N1CC(=O)C2C1CCN2C(=O)C(CC(C)C)NC(=O)c1ccc(N)cc1. The first-order chi connectivity index (χ1) is 17.0. The Morgan fingerprint density at radius 2 is 1.67 bits per heavy atom. The zero-order chi connectivity index (χ0) is 26.6. The Morgan fingerprint density at radius 1 is 1.03 bits per heavy atom. The van der Waals surface area contributed by atoms with Crippen LogP contribution >= 0.6 is 0 Å². The van der Waals surface area contributed by atoms with E-state index in [-0.39, 0.29) is 36.0 Å². The molecule has 2 aliphatic rings. The lowest BCUT2D eigenvalue weighted by molar-refractivity contribution is -0.138. The highest BCUT2D eigenvalue weighted by molar-refractivity contribution is 6.01. The number of benzene rings is 1. The number of amides is 4. The van der Waals surface area contributed by atoms with Crippen LogP contribution in [-0.2, 0) is 19.2 Å². The molecule has 1 aromatic carbocycles. The first-order valence-corrected chi connectivity index (χ1v) is 12.6. The molecule has 4 unspecified atom stereocenters. The Bertz CT molecular complexity index is 1010. The fourth-order valence-corrected chi connectivity index (χ4v) is 5.12. The monoisotopic (exact) mass is 499 g/mol. The van der Waals surface area contributed by atoms with Crippen LogP contribution in [0.4, 0.5) is 5.69 Å². The van der Waals surface area contributed by atoms with Crippen molar-refractivity contribution in [1.82, 2.24) is 20.4 Å². The Morgan fingerprint density at radius 3 is 2.25 bits per heavy atom. The molecular weight excluding hydrogens is 462 g/mol. The molecule has 0 bridgehead atoms. The number of rotatable bonds is 9. The molecule has 10 heteroatoms. The van der Waals surface area contributed by atoms with Crippen molar-refractivity contribution in [2.24, 2.45) is 5.92 Å². The molecule has 4 atom stereocenters. The molecule has 0 radical (unpaired) electrons. The van der Waals surface area contributed by atoms with E-state index < -0.39 is 30.1 Å². The topological polar surface area (TPSA) is 142 Å². The number of hydrogen-bond donors (Lipinski definition) is 3. The van der Waals surface area contributed by atoms with Gasteiger partial charge in [0.25, 0.3) is 5.91 Å². The minimum Gasteiger partial charge on any atom is -0.399 e. The molecule has 2 aliphatic heterocycles. The number of likely N-dealkylation sites (tertiary alicyclic amines) is 2. The number of nitrogen functional groups attached to an aromatic ring is 1. The van der Waals surface area contributed by atoms with Gasteiger partial charge >= 0.3 is 0 Å². The molecule has 0 saturated carbocycles. The fourth-order valence-electron chi connectivity index (χ4n) is 5.12.